The van der Waals surface area contributed by atoms with E-state index in [1.54, 1.807) is 19.2 Å². The Morgan fingerprint density at radius 1 is 1.47 bits per heavy atom. The summed E-state index contributed by atoms with van der Waals surface area (Å²) in [5.74, 6) is 0.928. The van der Waals surface area contributed by atoms with Crippen LogP contribution in [0.15, 0.2) is 18.2 Å². The molecule has 0 aliphatic carbocycles. The average molecular weight is 256 g/mol. The monoisotopic (exact) mass is 255 g/mol. The van der Waals surface area contributed by atoms with Crippen LogP contribution in [0.4, 0.5) is 0 Å². The molecule has 1 aromatic rings. The molecule has 0 unspecified atom stereocenters. The number of rotatable bonds is 4. The fourth-order valence-electron chi connectivity index (χ4n) is 1.37. The number of amides is 1. The Kier molecular flexibility index (Phi) is 4.40. The van der Waals surface area contributed by atoms with Gasteiger partial charge in [-0.05, 0) is 38.5 Å². The largest absolute Gasteiger partial charge is 0.496 e. The third-order valence-electron chi connectivity index (χ3n) is 2.46. The van der Waals surface area contributed by atoms with Crippen molar-refractivity contribution in [2.75, 3.05) is 13.0 Å². The molecule has 94 valence electrons. The molecule has 0 aliphatic rings. The fourth-order valence-corrected chi connectivity index (χ4v) is 1.44. The van der Waals surface area contributed by atoms with Crippen molar-refractivity contribution in [3.8, 4) is 5.75 Å². The van der Waals surface area contributed by atoms with E-state index < -0.39 is 5.54 Å². The van der Waals surface area contributed by atoms with Gasteiger partial charge in [0.15, 0.2) is 0 Å². The van der Waals surface area contributed by atoms with Crippen LogP contribution in [-0.4, -0.2) is 24.4 Å². The smallest absolute Gasteiger partial charge is 0.251 e. The highest BCUT2D eigenvalue weighted by atomic mass is 35.5. The first-order valence-electron chi connectivity index (χ1n) is 5.43. The summed E-state index contributed by atoms with van der Waals surface area (Å²) in [6.45, 7) is 5.69. The molecule has 0 spiro atoms. The molecular weight excluding hydrogens is 238 g/mol. The van der Waals surface area contributed by atoms with E-state index in [0.717, 1.165) is 5.56 Å². The average Bonchev–Trinajstić information content (AvgIpc) is 2.29. The van der Waals surface area contributed by atoms with Crippen molar-refractivity contribution in [3.05, 3.63) is 29.3 Å². The van der Waals surface area contributed by atoms with Crippen LogP contribution in [0.1, 0.15) is 29.8 Å². The summed E-state index contributed by atoms with van der Waals surface area (Å²) < 4.78 is 5.19. The zero-order valence-electron chi connectivity index (χ0n) is 10.6. The zero-order valence-corrected chi connectivity index (χ0v) is 11.4. The summed E-state index contributed by atoms with van der Waals surface area (Å²) in [5, 5.41) is 2.87. The fraction of sp³-hybridized carbons (Fsp3) is 0.462. The van der Waals surface area contributed by atoms with Gasteiger partial charge < -0.3 is 10.1 Å². The number of hydrogen-bond donors (Lipinski definition) is 1. The molecular formula is C13H18ClNO2. The van der Waals surface area contributed by atoms with Gasteiger partial charge >= 0.3 is 0 Å². The zero-order chi connectivity index (χ0) is 13.1. The van der Waals surface area contributed by atoms with Gasteiger partial charge in [0.25, 0.3) is 5.91 Å². The third kappa shape index (κ3) is 3.63. The SMILES string of the molecule is COc1cc(C(=O)NC(C)(C)CCl)ccc1C. The number of benzene rings is 1. The van der Waals surface area contributed by atoms with Crippen LogP contribution in [0.2, 0.25) is 0 Å². The molecule has 0 heterocycles. The quantitative estimate of drug-likeness (QED) is 0.841. The highest BCUT2D eigenvalue weighted by Crippen LogP contribution is 2.19. The third-order valence-corrected chi connectivity index (χ3v) is 3.12. The number of carbonyl (C=O) groups is 1. The number of ether oxygens (including phenoxy) is 1. The van der Waals surface area contributed by atoms with Gasteiger partial charge in [-0.25, -0.2) is 0 Å². The van der Waals surface area contributed by atoms with Gasteiger partial charge in [-0.15, -0.1) is 11.6 Å². The van der Waals surface area contributed by atoms with Gasteiger partial charge in [0.1, 0.15) is 5.75 Å². The lowest BCUT2D eigenvalue weighted by Crippen LogP contribution is -2.44. The van der Waals surface area contributed by atoms with Crippen LogP contribution in [-0.2, 0) is 0 Å². The molecule has 0 aromatic heterocycles. The molecule has 17 heavy (non-hydrogen) atoms. The van der Waals surface area contributed by atoms with Crippen LogP contribution in [0.3, 0.4) is 0 Å². The highest BCUT2D eigenvalue weighted by Gasteiger charge is 2.20. The second-order valence-electron chi connectivity index (χ2n) is 4.66. The van der Waals surface area contributed by atoms with Crippen LogP contribution >= 0.6 is 11.6 Å². The number of methoxy groups -OCH3 is 1. The first-order valence-corrected chi connectivity index (χ1v) is 5.96. The van der Waals surface area contributed by atoms with E-state index in [1.165, 1.54) is 0 Å². The summed E-state index contributed by atoms with van der Waals surface area (Å²) in [5.41, 5.74) is 1.16. The maximum Gasteiger partial charge on any atom is 0.251 e. The Morgan fingerprint density at radius 3 is 2.65 bits per heavy atom. The Balaban J connectivity index is 2.90. The van der Waals surface area contributed by atoms with Gasteiger partial charge in [-0.1, -0.05) is 6.07 Å². The van der Waals surface area contributed by atoms with E-state index in [4.69, 9.17) is 16.3 Å². The number of nitrogens with one attached hydrogen (secondary N) is 1. The molecule has 1 amide bonds. The minimum Gasteiger partial charge on any atom is -0.496 e. The van der Waals surface area contributed by atoms with E-state index in [1.807, 2.05) is 26.8 Å². The van der Waals surface area contributed by atoms with Gasteiger partial charge in [-0.2, -0.15) is 0 Å². The molecule has 0 saturated carbocycles. The number of alkyl halides is 1. The van der Waals surface area contributed by atoms with Gasteiger partial charge in [0, 0.05) is 17.0 Å². The Morgan fingerprint density at radius 2 is 2.12 bits per heavy atom. The Hall–Kier alpha value is -1.22. The molecule has 0 aliphatic heterocycles. The van der Waals surface area contributed by atoms with E-state index in [0.29, 0.717) is 17.2 Å². The second kappa shape index (κ2) is 5.41. The predicted molar refractivity (Wildman–Crippen MR) is 70.0 cm³/mol. The summed E-state index contributed by atoms with van der Waals surface area (Å²) in [6.07, 6.45) is 0. The highest BCUT2D eigenvalue weighted by molar-refractivity contribution is 6.18. The van der Waals surface area contributed by atoms with E-state index in [-0.39, 0.29) is 5.91 Å². The van der Waals surface area contributed by atoms with E-state index >= 15 is 0 Å². The molecule has 0 fully saturated rings. The lowest BCUT2D eigenvalue weighted by molar-refractivity contribution is 0.0920. The maximum atomic E-state index is 12.0. The number of carbonyl (C=O) groups excluding carboxylic acids is 1. The minimum absolute atomic E-state index is 0.144. The van der Waals surface area contributed by atoms with Gasteiger partial charge in [0.2, 0.25) is 0 Å². The van der Waals surface area contributed by atoms with Crippen molar-refractivity contribution in [1.29, 1.82) is 0 Å². The molecule has 4 heteroatoms. The minimum atomic E-state index is -0.420. The van der Waals surface area contributed by atoms with Gasteiger partial charge in [0.05, 0.1) is 7.11 Å². The first-order chi connectivity index (χ1) is 7.89. The lowest BCUT2D eigenvalue weighted by atomic mass is 10.1. The van der Waals surface area contributed by atoms with Crippen LogP contribution in [0.25, 0.3) is 0 Å². The summed E-state index contributed by atoms with van der Waals surface area (Å²) in [6, 6.07) is 5.37. The molecule has 1 aromatic carbocycles. The van der Waals surface area contributed by atoms with E-state index in [9.17, 15) is 4.79 Å². The van der Waals surface area contributed by atoms with Crippen molar-refractivity contribution in [1.82, 2.24) is 5.32 Å². The maximum absolute atomic E-state index is 12.0. The normalized spacial score (nSPS) is 11.1. The first kappa shape index (κ1) is 13.8. The van der Waals surface area contributed by atoms with Crippen LogP contribution < -0.4 is 10.1 Å². The van der Waals surface area contributed by atoms with Crippen LogP contribution in [0.5, 0.6) is 5.75 Å². The lowest BCUT2D eigenvalue weighted by Gasteiger charge is -2.23. The predicted octanol–water partition coefficient (Wildman–Crippen LogP) is 2.75. The van der Waals surface area contributed by atoms with Crippen molar-refractivity contribution in [2.24, 2.45) is 0 Å². The topological polar surface area (TPSA) is 38.3 Å². The molecule has 0 atom stereocenters. The number of hydrogen-bond acceptors (Lipinski definition) is 2. The van der Waals surface area contributed by atoms with Gasteiger partial charge in [-0.3, -0.25) is 4.79 Å². The standard InChI is InChI=1S/C13H18ClNO2/c1-9-5-6-10(7-11(9)17-4)12(16)15-13(2,3)8-14/h5-7H,8H2,1-4H3,(H,15,16). The van der Waals surface area contributed by atoms with E-state index in [2.05, 4.69) is 5.32 Å². The molecule has 3 nitrogen and oxygen atoms in total. The molecule has 0 saturated heterocycles. The summed E-state index contributed by atoms with van der Waals surface area (Å²) in [4.78, 5) is 12.0. The molecule has 0 bridgehead atoms. The Bertz CT molecular complexity index is 416. The molecule has 1 rings (SSSR count). The van der Waals surface area contributed by atoms with Crippen molar-refractivity contribution in [3.63, 3.8) is 0 Å². The molecule has 0 radical (unpaired) electrons. The van der Waals surface area contributed by atoms with Crippen LogP contribution in [0, 0.1) is 6.92 Å². The Labute approximate surface area is 107 Å². The summed E-state index contributed by atoms with van der Waals surface area (Å²) in [7, 11) is 1.59. The van der Waals surface area contributed by atoms with Crippen molar-refractivity contribution in [2.45, 2.75) is 26.3 Å². The summed E-state index contributed by atoms with van der Waals surface area (Å²) >= 11 is 5.77. The second-order valence-corrected chi connectivity index (χ2v) is 4.92. The van der Waals surface area contributed by atoms with Crippen molar-refractivity contribution >= 4 is 17.5 Å². The number of halogens is 1. The van der Waals surface area contributed by atoms with Crippen molar-refractivity contribution < 1.29 is 9.53 Å². The molecule has 1 N–H and O–H groups in total. The number of aryl methyl sites for hydroxylation is 1.